The lowest BCUT2D eigenvalue weighted by Crippen LogP contribution is -2.47. The maximum Gasteiger partial charge on any atom is 0.309 e. The Labute approximate surface area is 198 Å². The fourth-order valence-electron chi connectivity index (χ4n) is 3.52. The van der Waals surface area contributed by atoms with Crippen molar-refractivity contribution in [2.45, 2.75) is 12.6 Å². The molecule has 0 aliphatic carbocycles. The van der Waals surface area contributed by atoms with Gasteiger partial charge in [-0.2, -0.15) is 0 Å². The molecule has 0 radical (unpaired) electrons. The van der Waals surface area contributed by atoms with Crippen LogP contribution < -0.4 is 24.8 Å². The maximum atomic E-state index is 12.8. The third-order valence-electron chi connectivity index (χ3n) is 5.38. The number of rotatable bonds is 9. The Morgan fingerprint density at radius 3 is 2.32 bits per heavy atom. The summed E-state index contributed by atoms with van der Waals surface area (Å²) >= 11 is 0. The van der Waals surface area contributed by atoms with Gasteiger partial charge in [0.1, 0.15) is 12.0 Å². The van der Waals surface area contributed by atoms with Gasteiger partial charge in [-0.05, 0) is 48.4 Å². The van der Waals surface area contributed by atoms with Gasteiger partial charge in [0, 0.05) is 18.7 Å². The molecule has 3 rings (SSSR count). The Kier molecular flexibility index (Phi) is 8.69. The molecule has 1 saturated heterocycles. The molecule has 10 heteroatoms. The van der Waals surface area contributed by atoms with Crippen molar-refractivity contribution in [1.82, 2.24) is 15.5 Å². The van der Waals surface area contributed by atoms with Gasteiger partial charge in [0.15, 0.2) is 11.5 Å². The van der Waals surface area contributed by atoms with E-state index < -0.39 is 18.0 Å². The van der Waals surface area contributed by atoms with Crippen LogP contribution in [0.3, 0.4) is 0 Å². The zero-order valence-corrected chi connectivity index (χ0v) is 19.5. The van der Waals surface area contributed by atoms with Gasteiger partial charge in [0.05, 0.1) is 34.5 Å². The number of carbonyl (C=O) groups excluding carboxylic acids is 3. The van der Waals surface area contributed by atoms with Crippen LogP contribution in [0.2, 0.25) is 0 Å². The zero-order chi connectivity index (χ0) is 24.5. The van der Waals surface area contributed by atoms with Crippen molar-refractivity contribution in [3.8, 4) is 17.2 Å². The first-order valence-electron chi connectivity index (χ1n) is 10.8. The molecular weight excluding hydrogens is 442 g/mol. The van der Waals surface area contributed by atoms with Crippen molar-refractivity contribution in [1.29, 1.82) is 0 Å². The third kappa shape index (κ3) is 6.16. The highest BCUT2D eigenvalue weighted by molar-refractivity contribution is 6.35. The normalized spacial score (nSPS) is 14.9. The molecule has 1 aliphatic heterocycles. The van der Waals surface area contributed by atoms with Crippen molar-refractivity contribution in [3.63, 3.8) is 0 Å². The van der Waals surface area contributed by atoms with E-state index in [4.69, 9.17) is 18.9 Å². The smallest absolute Gasteiger partial charge is 0.309 e. The van der Waals surface area contributed by atoms with E-state index in [1.54, 1.807) is 51.7 Å². The summed E-state index contributed by atoms with van der Waals surface area (Å²) in [7, 11) is 4.66. The van der Waals surface area contributed by atoms with Crippen LogP contribution in [-0.4, -0.2) is 76.4 Å². The van der Waals surface area contributed by atoms with Gasteiger partial charge in [-0.15, -0.1) is 0 Å². The first-order valence-corrected chi connectivity index (χ1v) is 10.8. The quantitative estimate of drug-likeness (QED) is 0.524. The highest BCUT2D eigenvalue weighted by atomic mass is 16.5. The van der Waals surface area contributed by atoms with Gasteiger partial charge < -0.3 is 34.5 Å². The maximum absolute atomic E-state index is 12.8. The van der Waals surface area contributed by atoms with E-state index in [-0.39, 0.29) is 19.0 Å². The van der Waals surface area contributed by atoms with E-state index in [2.05, 4.69) is 10.6 Å². The minimum Gasteiger partial charge on any atom is -0.497 e. The third-order valence-corrected chi connectivity index (χ3v) is 5.38. The highest BCUT2D eigenvalue weighted by Crippen LogP contribution is 2.27. The van der Waals surface area contributed by atoms with E-state index in [0.29, 0.717) is 42.4 Å². The predicted octanol–water partition coefficient (Wildman–Crippen LogP) is 0.986. The summed E-state index contributed by atoms with van der Waals surface area (Å²) in [5.74, 6) is 0.0813. The molecule has 2 aromatic carbocycles. The van der Waals surface area contributed by atoms with Crippen molar-refractivity contribution in [2.75, 3.05) is 47.6 Å². The second-order valence-corrected chi connectivity index (χ2v) is 7.46. The Hall–Kier alpha value is -3.79. The summed E-state index contributed by atoms with van der Waals surface area (Å²) in [6.45, 7) is 1.01. The number of nitrogens with zero attached hydrogens (tertiary/aromatic N) is 1. The lowest BCUT2D eigenvalue weighted by atomic mass is 10.1. The van der Waals surface area contributed by atoms with Crippen LogP contribution in [0.25, 0.3) is 0 Å². The van der Waals surface area contributed by atoms with E-state index >= 15 is 0 Å². The minimum atomic E-state index is -0.792. The number of hydrogen-bond donors (Lipinski definition) is 2. The summed E-state index contributed by atoms with van der Waals surface area (Å²) < 4.78 is 21.2. The molecule has 2 N–H and O–H groups in total. The predicted molar refractivity (Wildman–Crippen MR) is 123 cm³/mol. The average Bonchev–Trinajstić information content (AvgIpc) is 3.35. The monoisotopic (exact) mass is 471 g/mol. The fraction of sp³-hybridized carbons (Fsp3) is 0.375. The van der Waals surface area contributed by atoms with Crippen LogP contribution in [0.15, 0.2) is 42.5 Å². The summed E-state index contributed by atoms with van der Waals surface area (Å²) in [5, 5.41) is 5.12. The van der Waals surface area contributed by atoms with Gasteiger partial charge in [-0.3, -0.25) is 14.4 Å². The number of ether oxygens (including phenoxy) is 4. The van der Waals surface area contributed by atoms with Crippen molar-refractivity contribution in [2.24, 2.45) is 0 Å². The van der Waals surface area contributed by atoms with E-state index in [0.717, 1.165) is 5.56 Å². The minimum absolute atomic E-state index is 0.00380. The molecule has 3 amide bonds. The van der Waals surface area contributed by atoms with E-state index in [1.165, 1.54) is 4.90 Å². The SMILES string of the molecule is COc1ccc(C(=O)N2CCO[C@H]2CNC(=O)C(=O)NCCc2ccc(OC)c(OC)c2)cc1. The summed E-state index contributed by atoms with van der Waals surface area (Å²) in [6.07, 6.45) is -0.145. The van der Waals surface area contributed by atoms with Crippen LogP contribution in [0.5, 0.6) is 17.2 Å². The molecule has 0 unspecified atom stereocenters. The highest BCUT2D eigenvalue weighted by Gasteiger charge is 2.31. The molecule has 2 aromatic rings. The number of benzene rings is 2. The van der Waals surface area contributed by atoms with Gasteiger partial charge in [0.2, 0.25) is 0 Å². The first kappa shape index (κ1) is 24.8. The van der Waals surface area contributed by atoms with Gasteiger partial charge in [-0.25, -0.2) is 0 Å². The number of hydrogen-bond acceptors (Lipinski definition) is 7. The average molecular weight is 472 g/mol. The summed E-state index contributed by atoms with van der Waals surface area (Å²) in [6, 6.07) is 12.2. The lowest BCUT2D eigenvalue weighted by Gasteiger charge is -2.23. The number of methoxy groups -OCH3 is 3. The largest absolute Gasteiger partial charge is 0.497 e. The van der Waals surface area contributed by atoms with E-state index in [9.17, 15) is 14.4 Å². The van der Waals surface area contributed by atoms with Crippen molar-refractivity contribution >= 4 is 17.7 Å². The lowest BCUT2D eigenvalue weighted by molar-refractivity contribution is -0.139. The van der Waals surface area contributed by atoms with Crippen LogP contribution in [-0.2, 0) is 20.7 Å². The van der Waals surface area contributed by atoms with Crippen LogP contribution in [0.4, 0.5) is 0 Å². The van der Waals surface area contributed by atoms with Gasteiger partial charge >= 0.3 is 11.8 Å². The molecule has 1 atom stereocenters. The molecule has 182 valence electrons. The standard InChI is InChI=1S/C24H29N3O7/c1-31-18-7-5-17(6-8-18)24(30)27-12-13-34-21(27)15-26-23(29)22(28)25-11-10-16-4-9-19(32-2)20(14-16)33-3/h4-9,14,21H,10-13,15H2,1-3H3,(H,25,28)(H,26,29)/t21-/m0/s1. The first-order chi connectivity index (χ1) is 16.5. The molecule has 0 aromatic heterocycles. The molecule has 10 nitrogen and oxygen atoms in total. The number of amides is 3. The van der Waals surface area contributed by atoms with Gasteiger partial charge in [-0.1, -0.05) is 6.07 Å². The Morgan fingerprint density at radius 1 is 0.941 bits per heavy atom. The van der Waals surface area contributed by atoms with Crippen LogP contribution in [0.1, 0.15) is 15.9 Å². The molecule has 1 heterocycles. The number of nitrogens with one attached hydrogen (secondary N) is 2. The second-order valence-electron chi connectivity index (χ2n) is 7.46. The van der Waals surface area contributed by atoms with E-state index in [1.807, 2.05) is 12.1 Å². The van der Waals surface area contributed by atoms with Gasteiger partial charge in [0.25, 0.3) is 5.91 Å². The summed E-state index contributed by atoms with van der Waals surface area (Å²) in [5.41, 5.74) is 1.40. The van der Waals surface area contributed by atoms with Crippen molar-refractivity contribution in [3.05, 3.63) is 53.6 Å². The van der Waals surface area contributed by atoms with Crippen molar-refractivity contribution < 1.29 is 33.3 Å². The molecule has 1 aliphatic rings. The molecule has 0 saturated carbocycles. The molecular formula is C24H29N3O7. The molecule has 0 spiro atoms. The summed E-state index contributed by atoms with van der Waals surface area (Å²) in [4.78, 5) is 38.7. The molecule has 0 bridgehead atoms. The van der Waals surface area contributed by atoms with Crippen LogP contribution >= 0.6 is 0 Å². The second kappa shape index (κ2) is 11.9. The fourth-order valence-corrected chi connectivity index (χ4v) is 3.52. The Balaban J connectivity index is 1.45. The van der Waals surface area contributed by atoms with Crippen LogP contribution in [0, 0.1) is 0 Å². The molecule has 1 fully saturated rings. The molecule has 34 heavy (non-hydrogen) atoms. The Bertz CT molecular complexity index is 1010. The topological polar surface area (TPSA) is 115 Å². The number of carbonyl (C=O) groups is 3. The zero-order valence-electron chi connectivity index (χ0n) is 19.5. The Morgan fingerprint density at radius 2 is 1.65 bits per heavy atom.